The van der Waals surface area contributed by atoms with Gasteiger partial charge in [-0.25, -0.2) is 0 Å². The molecule has 2 N–H and O–H groups in total. The number of methoxy groups -OCH3 is 1. The molecule has 17 heavy (non-hydrogen) atoms. The van der Waals surface area contributed by atoms with Crippen LogP contribution in [0.2, 0.25) is 5.02 Å². The van der Waals surface area contributed by atoms with E-state index < -0.39 is 0 Å². The Hall–Kier alpha value is -0.580. The van der Waals surface area contributed by atoms with Crippen LogP contribution in [0.3, 0.4) is 0 Å². The second kappa shape index (κ2) is 5.85. The van der Waals surface area contributed by atoms with Gasteiger partial charge in [0.1, 0.15) is 0 Å². The molecule has 1 aromatic rings. The zero-order valence-electron chi connectivity index (χ0n) is 11.0. The van der Waals surface area contributed by atoms with Crippen LogP contribution in [0.4, 0.5) is 0 Å². The van der Waals surface area contributed by atoms with Gasteiger partial charge in [0, 0.05) is 13.2 Å². The molecule has 0 saturated heterocycles. The Labute approximate surface area is 108 Å². The molecular weight excluding hydrogens is 238 g/mol. The van der Waals surface area contributed by atoms with Gasteiger partial charge in [-0.2, -0.15) is 5.10 Å². The number of nitrogens with zero attached hydrogens (tertiary/aromatic N) is 2. The largest absolute Gasteiger partial charge is 0.383 e. The number of ether oxygens (including phenoxy) is 1. The molecule has 1 heterocycles. The van der Waals surface area contributed by atoms with Gasteiger partial charge in [-0.05, 0) is 11.8 Å². The lowest BCUT2D eigenvalue weighted by Crippen LogP contribution is -2.23. The Kier molecular flexibility index (Phi) is 4.98. The molecular formula is C12H22ClN3O. The summed E-state index contributed by atoms with van der Waals surface area (Å²) in [5.74, 6) is 0. The zero-order valence-corrected chi connectivity index (χ0v) is 11.8. The molecule has 1 rings (SSSR count). The summed E-state index contributed by atoms with van der Waals surface area (Å²) in [6.07, 6.45) is 2.51. The van der Waals surface area contributed by atoms with Crippen LogP contribution < -0.4 is 5.73 Å². The Morgan fingerprint density at radius 2 is 2.18 bits per heavy atom. The van der Waals surface area contributed by atoms with Crippen molar-refractivity contribution in [2.75, 3.05) is 13.7 Å². The molecule has 5 heteroatoms. The fourth-order valence-electron chi connectivity index (χ4n) is 1.85. The van der Waals surface area contributed by atoms with Gasteiger partial charge in [0.25, 0.3) is 0 Å². The molecule has 0 fully saturated rings. The average Bonchev–Trinajstić information content (AvgIpc) is 2.54. The van der Waals surface area contributed by atoms with E-state index in [-0.39, 0.29) is 11.5 Å². The lowest BCUT2D eigenvalue weighted by Gasteiger charge is -2.24. The summed E-state index contributed by atoms with van der Waals surface area (Å²) in [5.41, 5.74) is 7.28. The fraction of sp³-hybridized carbons (Fsp3) is 0.750. The smallest absolute Gasteiger partial charge is 0.0834 e. The highest BCUT2D eigenvalue weighted by molar-refractivity contribution is 6.31. The molecule has 1 unspecified atom stereocenters. The van der Waals surface area contributed by atoms with E-state index in [1.807, 2.05) is 4.68 Å². The highest BCUT2D eigenvalue weighted by atomic mass is 35.5. The van der Waals surface area contributed by atoms with Crippen LogP contribution in [0.5, 0.6) is 0 Å². The van der Waals surface area contributed by atoms with Crippen molar-refractivity contribution in [3.63, 3.8) is 0 Å². The number of hydrogen-bond acceptors (Lipinski definition) is 3. The van der Waals surface area contributed by atoms with E-state index in [0.717, 1.165) is 12.1 Å². The van der Waals surface area contributed by atoms with E-state index in [4.69, 9.17) is 22.1 Å². The Bertz CT molecular complexity index is 357. The maximum absolute atomic E-state index is 6.21. The Balaban J connectivity index is 2.83. The molecule has 1 atom stereocenters. The third-order valence-electron chi connectivity index (χ3n) is 2.52. The summed E-state index contributed by atoms with van der Waals surface area (Å²) in [4.78, 5) is 0. The summed E-state index contributed by atoms with van der Waals surface area (Å²) in [7, 11) is 1.67. The molecule has 0 aliphatic rings. The Morgan fingerprint density at radius 1 is 1.53 bits per heavy atom. The highest BCUT2D eigenvalue weighted by Gasteiger charge is 2.22. The van der Waals surface area contributed by atoms with E-state index in [0.29, 0.717) is 18.2 Å². The van der Waals surface area contributed by atoms with Crippen molar-refractivity contribution in [2.24, 2.45) is 11.1 Å². The van der Waals surface area contributed by atoms with E-state index in [1.54, 1.807) is 13.3 Å². The average molecular weight is 260 g/mol. The Morgan fingerprint density at radius 3 is 2.71 bits per heavy atom. The van der Waals surface area contributed by atoms with Gasteiger partial charge in [-0.3, -0.25) is 4.68 Å². The molecule has 0 amide bonds. The van der Waals surface area contributed by atoms with Crippen LogP contribution >= 0.6 is 11.6 Å². The number of nitrogens with two attached hydrogens (primary N) is 1. The van der Waals surface area contributed by atoms with E-state index in [2.05, 4.69) is 25.9 Å². The summed E-state index contributed by atoms with van der Waals surface area (Å²) in [6.45, 7) is 7.77. The summed E-state index contributed by atoms with van der Waals surface area (Å²) < 4.78 is 6.88. The van der Waals surface area contributed by atoms with Crippen LogP contribution in [0.25, 0.3) is 0 Å². The first-order chi connectivity index (χ1) is 7.85. The van der Waals surface area contributed by atoms with Crippen LogP contribution in [-0.2, 0) is 11.3 Å². The highest BCUT2D eigenvalue weighted by Crippen LogP contribution is 2.31. The SMILES string of the molecule is COCCn1ncc(Cl)c1C(N)CC(C)(C)C. The fourth-order valence-corrected chi connectivity index (χ4v) is 2.13. The third kappa shape index (κ3) is 4.30. The van der Waals surface area contributed by atoms with Crippen LogP contribution in [0, 0.1) is 5.41 Å². The summed E-state index contributed by atoms with van der Waals surface area (Å²) in [6, 6.07) is -0.0955. The topological polar surface area (TPSA) is 53.1 Å². The van der Waals surface area contributed by atoms with E-state index in [1.165, 1.54) is 0 Å². The monoisotopic (exact) mass is 259 g/mol. The first-order valence-corrected chi connectivity index (χ1v) is 6.18. The first-order valence-electron chi connectivity index (χ1n) is 5.81. The van der Waals surface area contributed by atoms with Crippen LogP contribution in [-0.4, -0.2) is 23.5 Å². The van der Waals surface area contributed by atoms with Crippen molar-refractivity contribution >= 4 is 11.6 Å². The lowest BCUT2D eigenvalue weighted by molar-refractivity contribution is 0.181. The van der Waals surface area contributed by atoms with Crippen molar-refractivity contribution in [2.45, 2.75) is 39.8 Å². The number of rotatable bonds is 5. The lowest BCUT2D eigenvalue weighted by atomic mass is 9.87. The van der Waals surface area contributed by atoms with Crippen LogP contribution in [0.1, 0.15) is 38.9 Å². The van der Waals surface area contributed by atoms with Gasteiger partial charge in [0.15, 0.2) is 0 Å². The quantitative estimate of drug-likeness (QED) is 0.884. The number of aromatic nitrogens is 2. The van der Waals surface area contributed by atoms with Crippen LogP contribution in [0.15, 0.2) is 6.20 Å². The predicted octanol–water partition coefficient (Wildman–Crippen LogP) is 2.62. The normalized spacial score (nSPS) is 14.0. The van der Waals surface area contributed by atoms with Gasteiger partial charge < -0.3 is 10.5 Å². The maximum Gasteiger partial charge on any atom is 0.0834 e. The van der Waals surface area contributed by atoms with E-state index in [9.17, 15) is 0 Å². The molecule has 0 saturated carbocycles. The minimum atomic E-state index is -0.0955. The zero-order chi connectivity index (χ0) is 13.1. The van der Waals surface area contributed by atoms with Gasteiger partial charge in [0.2, 0.25) is 0 Å². The standard InChI is InChI=1S/C12H22ClN3O/c1-12(2,3)7-10(14)11-9(13)8-15-16(11)5-6-17-4/h8,10H,5-7,14H2,1-4H3. The second-order valence-corrected chi connectivity index (χ2v) is 5.87. The molecule has 98 valence electrons. The predicted molar refractivity (Wildman–Crippen MR) is 70.1 cm³/mol. The molecule has 0 aromatic carbocycles. The first kappa shape index (κ1) is 14.5. The van der Waals surface area contributed by atoms with Crippen molar-refractivity contribution in [3.05, 3.63) is 16.9 Å². The second-order valence-electron chi connectivity index (χ2n) is 5.46. The molecule has 0 bridgehead atoms. The number of halogens is 1. The van der Waals surface area contributed by atoms with Gasteiger partial charge in [-0.1, -0.05) is 32.4 Å². The van der Waals surface area contributed by atoms with Crippen molar-refractivity contribution in [1.82, 2.24) is 9.78 Å². The minimum absolute atomic E-state index is 0.0955. The molecule has 0 spiro atoms. The molecule has 1 aromatic heterocycles. The van der Waals surface area contributed by atoms with Gasteiger partial charge in [-0.15, -0.1) is 0 Å². The molecule has 0 aliphatic heterocycles. The van der Waals surface area contributed by atoms with Gasteiger partial charge in [0.05, 0.1) is 30.1 Å². The molecule has 0 aliphatic carbocycles. The van der Waals surface area contributed by atoms with Crippen molar-refractivity contribution < 1.29 is 4.74 Å². The van der Waals surface area contributed by atoms with Crippen molar-refractivity contribution in [1.29, 1.82) is 0 Å². The number of hydrogen-bond donors (Lipinski definition) is 1. The minimum Gasteiger partial charge on any atom is -0.383 e. The third-order valence-corrected chi connectivity index (χ3v) is 2.82. The van der Waals surface area contributed by atoms with E-state index >= 15 is 0 Å². The van der Waals surface area contributed by atoms with Gasteiger partial charge >= 0.3 is 0 Å². The summed E-state index contributed by atoms with van der Waals surface area (Å²) >= 11 is 6.14. The summed E-state index contributed by atoms with van der Waals surface area (Å²) in [5, 5.41) is 4.87. The molecule has 4 nitrogen and oxygen atoms in total. The molecule has 0 radical (unpaired) electrons. The van der Waals surface area contributed by atoms with Crippen molar-refractivity contribution in [3.8, 4) is 0 Å². The maximum atomic E-state index is 6.21.